The SMILES string of the molecule is O[C@H](c1ccccc1)[C@H](CN1CCCCC1)c1ccccc1. The van der Waals surface area contributed by atoms with Crippen LogP contribution in [0.5, 0.6) is 0 Å². The van der Waals surface area contributed by atoms with Gasteiger partial charge < -0.3 is 10.0 Å². The molecule has 1 aliphatic heterocycles. The van der Waals surface area contributed by atoms with Crippen molar-refractivity contribution >= 4 is 0 Å². The van der Waals surface area contributed by atoms with E-state index in [4.69, 9.17) is 0 Å². The van der Waals surface area contributed by atoms with E-state index in [1.807, 2.05) is 36.4 Å². The standard InChI is InChI=1S/C20H25NO/c22-20(18-12-6-2-7-13-18)19(17-10-4-1-5-11-17)16-21-14-8-3-9-15-21/h1-2,4-7,10-13,19-20,22H,3,8-9,14-16H2/t19-,20-/m1/s1. The molecule has 2 atom stereocenters. The van der Waals surface area contributed by atoms with Crippen molar-refractivity contribution < 1.29 is 5.11 Å². The quantitative estimate of drug-likeness (QED) is 0.901. The van der Waals surface area contributed by atoms with Gasteiger partial charge in [0.05, 0.1) is 6.10 Å². The maximum Gasteiger partial charge on any atom is 0.0870 e. The molecule has 3 rings (SSSR count). The second-order valence-corrected chi connectivity index (χ2v) is 6.23. The van der Waals surface area contributed by atoms with Crippen LogP contribution < -0.4 is 0 Å². The minimum atomic E-state index is -0.453. The average Bonchev–Trinajstić information content (AvgIpc) is 2.61. The molecule has 0 amide bonds. The molecule has 2 aromatic rings. The van der Waals surface area contributed by atoms with Crippen LogP contribution in [0.4, 0.5) is 0 Å². The van der Waals surface area contributed by atoms with Gasteiger partial charge in [-0.05, 0) is 37.1 Å². The van der Waals surface area contributed by atoms with Crippen LogP contribution in [-0.4, -0.2) is 29.6 Å². The number of piperidine rings is 1. The number of aliphatic hydroxyl groups excluding tert-OH is 1. The summed E-state index contributed by atoms with van der Waals surface area (Å²) in [6, 6.07) is 20.5. The fraction of sp³-hybridized carbons (Fsp3) is 0.400. The lowest BCUT2D eigenvalue weighted by Gasteiger charge is -2.33. The van der Waals surface area contributed by atoms with E-state index in [2.05, 4.69) is 29.2 Å². The number of aliphatic hydroxyl groups is 1. The smallest absolute Gasteiger partial charge is 0.0870 e. The van der Waals surface area contributed by atoms with Gasteiger partial charge in [-0.25, -0.2) is 0 Å². The Morgan fingerprint density at radius 3 is 1.91 bits per heavy atom. The summed E-state index contributed by atoms with van der Waals surface area (Å²) in [6.07, 6.45) is 3.45. The van der Waals surface area contributed by atoms with Crippen molar-refractivity contribution in [1.82, 2.24) is 4.90 Å². The number of hydrogen-bond acceptors (Lipinski definition) is 2. The maximum atomic E-state index is 10.9. The third-order valence-corrected chi connectivity index (χ3v) is 4.65. The molecule has 1 saturated heterocycles. The van der Waals surface area contributed by atoms with E-state index in [1.165, 1.54) is 24.8 Å². The molecule has 0 aliphatic carbocycles. The highest BCUT2D eigenvalue weighted by molar-refractivity contribution is 5.27. The largest absolute Gasteiger partial charge is 0.388 e. The average molecular weight is 295 g/mol. The van der Waals surface area contributed by atoms with Crippen molar-refractivity contribution in [2.45, 2.75) is 31.3 Å². The molecule has 22 heavy (non-hydrogen) atoms. The van der Waals surface area contributed by atoms with Crippen LogP contribution in [0.2, 0.25) is 0 Å². The summed E-state index contributed by atoms with van der Waals surface area (Å²) in [5.41, 5.74) is 2.23. The van der Waals surface area contributed by atoms with Gasteiger partial charge in [0.2, 0.25) is 0 Å². The molecule has 0 radical (unpaired) electrons. The third kappa shape index (κ3) is 3.76. The molecular weight excluding hydrogens is 270 g/mol. The van der Waals surface area contributed by atoms with Crippen LogP contribution in [0.3, 0.4) is 0 Å². The molecule has 116 valence electrons. The summed E-state index contributed by atoms with van der Waals surface area (Å²) in [4.78, 5) is 2.51. The lowest BCUT2D eigenvalue weighted by atomic mass is 9.88. The summed E-state index contributed by atoms with van der Waals surface area (Å²) in [6.45, 7) is 3.25. The van der Waals surface area contributed by atoms with E-state index in [0.717, 1.165) is 25.2 Å². The topological polar surface area (TPSA) is 23.5 Å². The van der Waals surface area contributed by atoms with E-state index >= 15 is 0 Å². The van der Waals surface area contributed by atoms with Crippen LogP contribution in [0.1, 0.15) is 42.4 Å². The van der Waals surface area contributed by atoms with Crippen LogP contribution in [0.25, 0.3) is 0 Å². The molecule has 0 aromatic heterocycles. The van der Waals surface area contributed by atoms with Crippen LogP contribution >= 0.6 is 0 Å². The van der Waals surface area contributed by atoms with Crippen molar-refractivity contribution in [3.63, 3.8) is 0 Å². The molecule has 1 aliphatic rings. The Labute approximate surface area is 133 Å². The summed E-state index contributed by atoms with van der Waals surface area (Å²) in [5, 5.41) is 10.9. The van der Waals surface area contributed by atoms with Crippen molar-refractivity contribution in [2.75, 3.05) is 19.6 Å². The minimum Gasteiger partial charge on any atom is -0.388 e. The van der Waals surface area contributed by atoms with Gasteiger partial charge in [0.25, 0.3) is 0 Å². The highest BCUT2D eigenvalue weighted by atomic mass is 16.3. The van der Waals surface area contributed by atoms with Gasteiger partial charge in [0.1, 0.15) is 0 Å². The van der Waals surface area contributed by atoms with Gasteiger partial charge in [0, 0.05) is 12.5 Å². The number of likely N-dealkylation sites (tertiary alicyclic amines) is 1. The maximum absolute atomic E-state index is 10.9. The first-order chi connectivity index (χ1) is 10.8. The Hall–Kier alpha value is -1.64. The Morgan fingerprint density at radius 1 is 0.773 bits per heavy atom. The number of benzene rings is 2. The first-order valence-electron chi connectivity index (χ1n) is 8.35. The van der Waals surface area contributed by atoms with E-state index in [1.54, 1.807) is 0 Å². The van der Waals surface area contributed by atoms with Crippen molar-refractivity contribution in [3.8, 4) is 0 Å². The highest BCUT2D eigenvalue weighted by Gasteiger charge is 2.25. The molecule has 2 aromatic carbocycles. The van der Waals surface area contributed by atoms with Crippen LogP contribution in [0, 0.1) is 0 Å². The zero-order chi connectivity index (χ0) is 15.2. The molecule has 0 spiro atoms. The Kier molecular flexibility index (Phi) is 5.25. The zero-order valence-electron chi connectivity index (χ0n) is 13.1. The van der Waals surface area contributed by atoms with E-state index in [0.29, 0.717) is 0 Å². The molecule has 0 unspecified atom stereocenters. The fourth-order valence-corrected chi connectivity index (χ4v) is 3.39. The van der Waals surface area contributed by atoms with Crippen molar-refractivity contribution in [1.29, 1.82) is 0 Å². The molecule has 2 heteroatoms. The number of rotatable bonds is 5. The summed E-state index contributed by atoms with van der Waals surface area (Å²) < 4.78 is 0. The highest BCUT2D eigenvalue weighted by Crippen LogP contribution is 2.32. The lowest BCUT2D eigenvalue weighted by molar-refractivity contribution is 0.109. The first-order valence-corrected chi connectivity index (χ1v) is 8.35. The summed E-state index contributed by atoms with van der Waals surface area (Å²) in [5.74, 6) is 0.127. The molecule has 2 nitrogen and oxygen atoms in total. The number of hydrogen-bond donors (Lipinski definition) is 1. The molecular formula is C20H25NO. The van der Waals surface area contributed by atoms with Crippen molar-refractivity contribution in [2.24, 2.45) is 0 Å². The molecule has 0 bridgehead atoms. The normalized spacial score (nSPS) is 18.8. The summed E-state index contributed by atoms with van der Waals surface area (Å²) >= 11 is 0. The first kappa shape index (κ1) is 15.3. The Bertz CT molecular complexity index is 548. The minimum absolute atomic E-state index is 0.127. The molecule has 1 heterocycles. The van der Waals surface area contributed by atoms with Crippen LogP contribution in [-0.2, 0) is 0 Å². The van der Waals surface area contributed by atoms with Gasteiger partial charge in [-0.3, -0.25) is 0 Å². The van der Waals surface area contributed by atoms with Gasteiger partial charge in [-0.1, -0.05) is 67.1 Å². The van der Waals surface area contributed by atoms with E-state index < -0.39 is 6.10 Å². The van der Waals surface area contributed by atoms with E-state index in [-0.39, 0.29) is 5.92 Å². The molecule has 1 fully saturated rings. The second-order valence-electron chi connectivity index (χ2n) is 6.23. The summed E-state index contributed by atoms with van der Waals surface area (Å²) in [7, 11) is 0. The lowest BCUT2D eigenvalue weighted by Crippen LogP contribution is -2.35. The van der Waals surface area contributed by atoms with Gasteiger partial charge in [-0.15, -0.1) is 0 Å². The zero-order valence-corrected chi connectivity index (χ0v) is 13.1. The monoisotopic (exact) mass is 295 g/mol. The van der Waals surface area contributed by atoms with Crippen LogP contribution in [0.15, 0.2) is 60.7 Å². The Morgan fingerprint density at radius 2 is 1.32 bits per heavy atom. The third-order valence-electron chi connectivity index (χ3n) is 4.65. The molecule has 1 N–H and O–H groups in total. The van der Waals surface area contributed by atoms with Gasteiger partial charge >= 0.3 is 0 Å². The van der Waals surface area contributed by atoms with E-state index in [9.17, 15) is 5.11 Å². The van der Waals surface area contributed by atoms with Gasteiger partial charge in [-0.2, -0.15) is 0 Å². The number of nitrogens with zero attached hydrogens (tertiary/aromatic N) is 1. The predicted octanol–water partition coefficient (Wildman–Crippen LogP) is 3.99. The Balaban J connectivity index is 1.82. The van der Waals surface area contributed by atoms with Gasteiger partial charge in [0.15, 0.2) is 0 Å². The van der Waals surface area contributed by atoms with Crippen molar-refractivity contribution in [3.05, 3.63) is 71.8 Å². The second kappa shape index (κ2) is 7.57. The molecule has 0 saturated carbocycles. The predicted molar refractivity (Wildman–Crippen MR) is 90.9 cm³/mol. The fourth-order valence-electron chi connectivity index (χ4n) is 3.39.